The topological polar surface area (TPSA) is 54.1 Å². The first kappa shape index (κ1) is 16.6. The van der Waals surface area contributed by atoms with Crippen LogP contribution in [0, 0.1) is 0 Å². The number of rotatable bonds is 5. The lowest BCUT2D eigenvalue weighted by molar-refractivity contribution is -0.118. The number of aromatic nitrogens is 1. The number of ether oxygens (including phenoxy) is 1. The van der Waals surface area contributed by atoms with Crippen molar-refractivity contribution in [2.75, 3.05) is 13.7 Å². The predicted molar refractivity (Wildman–Crippen MR) is 100 cm³/mol. The van der Waals surface area contributed by atoms with E-state index in [9.17, 15) is 4.79 Å². The average molecular weight is 387 g/mol. The minimum absolute atomic E-state index is 0.0161. The zero-order chi connectivity index (χ0) is 17.1. The van der Waals surface area contributed by atoms with Gasteiger partial charge in [-0.15, -0.1) is 0 Å². The number of nitrogens with one attached hydrogen (secondary N) is 2. The van der Waals surface area contributed by atoms with Gasteiger partial charge in [0.15, 0.2) is 0 Å². The Bertz CT molecular complexity index is 869. The third-order valence-corrected chi connectivity index (χ3v) is 4.52. The molecule has 0 atom stereocenters. The molecule has 1 amide bonds. The van der Waals surface area contributed by atoms with Gasteiger partial charge in [-0.25, -0.2) is 0 Å². The van der Waals surface area contributed by atoms with Crippen molar-refractivity contribution in [2.45, 2.75) is 13.3 Å². The highest BCUT2D eigenvalue weighted by Crippen LogP contribution is 2.33. The van der Waals surface area contributed by atoms with Crippen molar-refractivity contribution in [3.8, 4) is 17.0 Å². The Morgan fingerprint density at radius 3 is 2.62 bits per heavy atom. The zero-order valence-electron chi connectivity index (χ0n) is 13.7. The number of benzene rings is 2. The van der Waals surface area contributed by atoms with Gasteiger partial charge in [0.05, 0.1) is 7.11 Å². The Hall–Kier alpha value is -2.27. The summed E-state index contributed by atoms with van der Waals surface area (Å²) in [5.74, 6) is 0.808. The number of carbonyl (C=O) groups is 1. The van der Waals surface area contributed by atoms with Crippen molar-refractivity contribution in [1.29, 1.82) is 0 Å². The van der Waals surface area contributed by atoms with Crippen LogP contribution in [-0.4, -0.2) is 24.5 Å². The summed E-state index contributed by atoms with van der Waals surface area (Å²) in [5, 5.41) is 4.00. The first-order chi connectivity index (χ1) is 11.6. The highest BCUT2D eigenvalue weighted by atomic mass is 79.9. The Morgan fingerprint density at radius 2 is 1.96 bits per heavy atom. The summed E-state index contributed by atoms with van der Waals surface area (Å²) in [5.41, 5.74) is 4.44. The molecule has 0 unspecified atom stereocenters. The number of carbonyl (C=O) groups excluding carboxylic acids is 1. The largest absolute Gasteiger partial charge is 0.497 e. The number of fused-ring (bicyclic) bond motifs is 1. The second-order valence-electron chi connectivity index (χ2n) is 5.63. The number of amides is 1. The normalized spacial score (nSPS) is 10.8. The standard InChI is InChI=1S/C19H19BrN2O2/c1-12(23)21-10-9-16-17-11-15(24-2)7-8-18(17)22-19(16)13-3-5-14(20)6-4-13/h3-8,11,22H,9-10H2,1-2H3,(H,21,23). The number of H-pyrrole nitrogens is 1. The van der Waals surface area contributed by atoms with E-state index in [1.165, 1.54) is 12.5 Å². The monoisotopic (exact) mass is 386 g/mol. The maximum Gasteiger partial charge on any atom is 0.216 e. The van der Waals surface area contributed by atoms with Gasteiger partial charge in [-0.2, -0.15) is 0 Å². The van der Waals surface area contributed by atoms with E-state index in [2.05, 4.69) is 38.4 Å². The van der Waals surface area contributed by atoms with Crippen molar-refractivity contribution in [1.82, 2.24) is 10.3 Å². The molecular weight excluding hydrogens is 368 g/mol. The molecule has 0 saturated carbocycles. The number of hydrogen-bond acceptors (Lipinski definition) is 2. The zero-order valence-corrected chi connectivity index (χ0v) is 15.2. The highest BCUT2D eigenvalue weighted by molar-refractivity contribution is 9.10. The quantitative estimate of drug-likeness (QED) is 0.687. The smallest absolute Gasteiger partial charge is 0.216 e. The summed E-state index contributed by atoms with van der Waals surface area (Å²) in [4.78, 5) is 14.7. The third-order valence-electron chi connectivity index (χ3n) is 4.00. The molecule has 2 N–H and O–H groups in total. The van der Waals surface area contributed by atoms with Crippen LogP contribution in [0.2, 0.25) is 0 Å². The first-order valence-corrected chi connectivity index (χ1v) is 8.56. The molecule has 1 aromatic heterocycles. The van der Waals surface area contributed by atoms with Crippen molar-refractivity contribution in [3.05, 3.63) is 52.5 Å². The molecule has 0 aliphatic heterocycles. The summed E-state index contributed by atoms with van der Waals surface area (Å²) >= 11 is 3.47. The highest BCUT2D eigenvalue weighted by Gasteiger charge is 2.14. The Labute approximate surface area is 149 Å². The second-order valence-corrected chi connectivity index (χ2v) is 6.55. The van der Waals surface area contributed by atoms with Crippen LogP contribution in [0.25, 0.3) is 22.2 Å². The van der Waals surface area contributed by atoms with E-state index in [-0.39, 0.29) is 5.91 Å². The lowest BCUT2D eigenvalue weighted by Gasteiger charge is -2.07. The number of aromatic amines is 1. The van der Waals surface area contributed by atoms with Gasteiger partial charge in [-0.3, -0.25) is 4.79 Å². The van der Waals surface area contributed by atoms with Crippen LogP contribution in [0.15, 0.2) is 46.9 Å². The van der Waals surface area contributed by atoms with Crippen molar-refractivity contribution < 1.29 is 9.53 Å². The van der Waals surface area contributed by atoms with Crippen LogP contribution >= 0.6 is 15.9 Å². The van der Waals surface area contributed by atoms with E-state index in [0.29, 0.717) is 6.54 Å². The first-order valence-electron chi connectivity index (χ1n) is 7.77. The fourth-order valence-electron chi connectivity index (χ4n) is 2.84. The Balaban J connectivity index is 2.08. The maximum atomic E-state index is 11.2. The van der Waals surface area contributed by atoms with Crippen molar-refractivity contribution >= 4 is 32.7 Å². The van der Waals surface area contributed by atoms with E-state index in [0.717, 1.165) is 38.8 Å². The number of methoxy groups -OCH3 is 1. The lowest BCUT2D eigenvalue weighted by atomic mass is 10.0. The number of hydrogen-bond donors (Lipinski definition) is 2. The molecule has 0 spiro atoms. The van der Waals surface area contributed by atoms with Gasteiger partial charge in [-0.05, 0) is 47.9 Å². The van der Waals surface area contributed by atoms with Crippen LogP contribution in [0.5, 0.6) is 5.75 Å². The fourth-order valence-corrected chi connectivity index (χ4v) is 3.10. The van der Waals surface area contributed by atoms with Gasteiger partial charge in [0.25, 0.3) is 0 Å². The summed E-state index contributed by atoms with van der Waals surface area (Å²) < 4.78 is 6.41. The Kier molecular flexibility index (Phi) is 4.90. The lowest BCUT2D eigenvalue weighted by Crippen LogP contribution is -2.22. The molecule has 0 radical (unpaired) electrons. The summed E-state index contributed by atoms with van der Waals surface area (Å²) in [6, 6.07) is 14.2. The van der Waals surface area contributed by atoms with E-state index >= 15 is 0 Å². The molecule has 5 heteroatoms. The van der Waals surface area contributed by atoms with Crippen LogP contribution in [0.4, 0.5) is 0 Å². The van der Waals surface area contributed by atoms with E-state index in [1.807, 2.05) is 30.3 Å². The molecule has 0 aliphatic carbocycles. The van der Waals surface area contributed by atoms with Crippen molar-refractivity contribution in [3.63, 3.8) is 0 Å². The van der Waals surface area contributed by atoms with E-state index in [1.54, 1.807) is 7.11 Å². The molecule has 0 saturated heterocycles. The molecule has 3 aromatic rings. The van der Waals surface area contributed by atoms with Gasteiger partial charge in [0.2, 0.25) is 5.91 Å². The maximum absolute atomic E-state index is 11.2. The molecular formula is C19H19BrN2O2. The van der Waals surface area contributed by atoms with Gasteiger partial charge >= 0.3 is 0 Å². The molecule has 0 aliphatic rings. The number of halogens is 1. The molecule has 24 heavy (non-hydrogen) atoms. The molecule has 0 fully saturated rings. The van der Waals surface area contributed by atoms with Gasteiger partial charge in [-0.1, -0.05) is 28.1 Å². The predicted octanol–water partition coefficient (Wildman–Crippen LogP) is 4.28. The third kappa shape index (κ3) is 3.46. The van der Waals surface area contributed by atoms with Crippen molar-refractivity contribution in [2.24, 2.45) is 0 Å². The molecule has 2 aromatic carbocycles. The average Bonchev–Trinajstić information content (AvgIpc) is 2.93. The van der Waals surface area contributed by atoms with Gasteiger partial charge in [0.1, 0.15) is 5.75 Å². The second kappa shape index (κ2) is 7.09. The summed E-state index contributed by atoms with van der Waals surface area (Å²) in [7, 11) is 1.67. The summed E-state index contributed by atoms with van der Waals surface area (Å²) in [6.07, 6.45) is 0.748. The minimum atomic E-state index is -0.0161. The molecule has 124 valence electrons. The van der Waals surface area contributed by atoms with E-state index in [4.69, 9.17) is 4.74 Å². The minimum Gasteiger partial charge on any atom is -0.497 e. The van der Waals surface area contributed by atoms with Crippen LogP contribution < -0.4 is 10.1 Å². The molecule has 0 bridgehead atoms. The van der Waals surface area contributed by atoms with E-state index < -0.39 is 0 Å². The summed E-state index contributed by atoms with van der Waals surface area (Å²) in [6.45, 7) is 2.14. The van der Waals surface area contributed by atoms with Crippen LogP contribution in [0.1, 0.15) is 12.5 Å². The molecule has 3 rings (SSSR count). The fraction of sp³-hybridized carbons (Fsp3) is 0.211. The molecule has 1 heterocycles. The Morgan fingerprint density at radius 1 is 1.21 bits per heavy atom. The SMILES string of the molecule is COc1ccc2[nH]c(-c3ccc(Br)cc3)c(CCNC(C)=O)c2c1. The van der Waals surface area contributed by atoms with Crippen LogP contribution in [0.3, 0.4) is 0 Å². The van der Waals surface area contributed by atoms with Gasteiger partial charge < -0.3 is 15.0 Å². The van der Waals surface area contributed by atoms with Gasteiger partial charge in [0, 0.05) is 34.5 Å². The molecule has 4 nitrogen and oxygen atoms in total. The van der Waals surface area contributed by atoms with Crippen LogP contribution in [-0.2, 0) is 11.2 Å².